The lowest BCUT2D eigenvalue weighted by molar-refractivity contribution is -0.154. The molecule has 1 unspecified atom stereocenters. The number of fused-ring (bicyclic) bond motifs is 1. The molecule has 4 rings (SSSR count). The molecule has 0 saturated carbocycles. The third-order valence-corrected chi connectivity index (χ3v) is 6.32. The molecule has 3 amide bonds. The highest BCUT2D eigenvalue weighted by Crippen LogP contribution is 2.31. The van der Waals surface area contributed by atoms with E-state index in [1.54, 1.807) is 0 Å². The van der Waals surface area contributed by atoms with Gasteiger partial charge in [0.1, 0.15) is 6.61 Å². The zero-order chi connectivity index (χ0) is 27.1. The molecule has 1 atom stereocenters. The van der Waals surface area contributed by atoms with Gasteiger partial charge >= 0.3 is 6.03 Å². The Morgan fingerprint density at radius 3 is 2.39 bits per heavy atom. The molecule has 198 valence electrons. The van der Waals surface area contributed by atoms with Gasteiger partial charge in [0.15, 0.2) is 6.29 Å². The smallest absolute Gasteiger partial charge is 0.323 e. The molecule has 7 nitrogen and oxygen atoms in total. The number of hydrogen-bond donors (Lipinski definition) is 3. The Kier molecular flexibility index (Phi) is 8.67. The predicted octanol–water partition coefficient (Wildman–Crippen LogP) is 6.63. The summed E-state index contributed by atoms with van der Waals surface area (Å²) in [5.41, 5.74) is 3.49. The van der Waals surface area contributed by atoms with E-state index in [0.29, 0.717) is 23.7 Å². The number of hydrogen-bond acceptors (Lipinski definition) is 4. The first-order valence-electron chi connectivity index (χ1n) is 12.9. The molecule has 1 fully saturated rings. The van der Waals surface area contributed by atoms with Gasteiger partial charge in [0.2, 0.25) is 5.91 Å². The van der Waals surface area contributed by atoms with Gasteiger partial charge in [-0.25, -0.2) is 4.79 Å². The largest absolute Gasteiger partial charge is 0.353 e. The summed E-state index contributed by atoms with van der Waals surface area (Å²) in [6.07, 6.45) is 2.92. The number of carbonyl (C=O) groups is 2. The average Bonchev–Trinajstić information content (AvgIpc) is 2.88. The summed E-state index contributed by atoms with van der Waals surface area (Å²) in [5.74, 6) is 6.07. The van der Waals surface area contributed by atoms with Crippen molar-refractivity contribution in [2.45, 2.75) is 58.7 Å². The highest BCUT2D eigenvalue weighted by molar-refractivity contribution is 6.09. The van der Waals surface area contributed by atoms with Crippen molar-refractivity contribution in [1.29, 1.82) is 0 Å². The molecule has 1 aliphatic heterocycles. The van der Waals surface area contributed by atoms with E-state index >= 15 is 0 Å². The number of benzene rings is 3. The molecule has 0 aliphatic carbocycles. The third-order valence-electron chi connectivity index (χ3n) is 6.32. The monoisotopic (exact) mass is 513 g/mol. The van der Waals surface area contributed by atoms with Gasteiger partial charge in [-0.15, -0.1) is 0 Å². The van der Waals surface area contributed by atoms with Crippen molar-refractivity contribution < 1.29 is 19.1 Å². The Morgan fingerprint density at radius 2 is 1.68 bits per heavy atom. The summed E-state index contributed by atoms with van der Waals surface area (Å²) in [6.45, 7) is 8.76. The molecule has 7 heteroatoms. The molecule has 38 heavy (non-hydrogen) atoms. The van der Waals surface area contributed by atoms with Gasteiger partial charge in [-0.2, -0.15) is 0 Å². The first-order chi connectivity index (χ1) is 18.2. The number of urea groups is 1. The molecular weight excluding hydrogens is 478 g/mol. The summed E-state index contributed by atoms with van der Waals surface area (Å²) in [6, 6.07) is 16.8. The number of carbonyl (C=O) groups excluding carboxylic acids is 2. The van der Waals surface area contributed by atoms with Crippen LogP contribution in [0.4, 0.5) is 21.9 Å². The van der Waals surface area contributed by atoms with Crippen LogP contribution >= 0.6 is 0 Å². The van der Waals surface area contributed by atoms with Gasteiger partial charge in [-0.1, -0.05) is 62.9 Å². The maximum atomic E-state index is 13.1. The molecule has 3 aromatic rings. The van der Waals surface area contributed by atoms with Crippen LogP contribution in [0.15, 0.2) is 54.6 Å². The maximum absolute atomic E-state index is 13.1. The van der Waals surface area contributed by atoms with E-state index in [-0.39, 0.29) is 17.6 Å². The molecule has 1 aliphatic rings. The second kappa shape index (κ2) is 12.1. The second-order valence-corrected chi connectivity index (χ2v) is 10.4. The molecule has 3 aromatic carbocycles. The highest BCUT2D eigenvalue weighted by atomic mass is 16.7. The van der Waals surface area contributed by atoms with Gasteiger partial charge in [-0.05, 0) is 59.9 Å². The number of nitrogens with one attached hydrogen (secondary N) is 3. The zero-order valence-corrected chi connectivity index (χ0v) is 22.4. The van der Waals surface area contributed by atoms with Crippen LogP contribution in [0, 0.1) is 11.8 Å². The van der Waals surface area contributed by atoms with E-state index in [9.17, 15) is 9.59 Å². The molecular formula is C31H35N3O4. The average molecular weight is 514 g/mol. The Balaban J connectivity index is 1.51. The fraction of sp³-hybridized carbons (Fsp3) is 0.355. The van der Waals surface area contributed by atoms with Crippen molar-refractivity contribution in [3.05, 3.63) is 65.7 Å². The van der Waals surface area contributed by atoms with E-state index < -0.39 is 6.03 Å². The molecule has 0 spiro atoms. The van der Waals surface area contributed by atoms with Crippen molar-refractivity contribution in [1.82, 2.24) is 0 Å². The summed E-state index contributed by atoms with van der Waals surface area (Å²) < 4.78 is 11.3. The maximum Gasteiger partial charge on any atom is 0.323 e. The SMILES string of the molecule is CC(=O)Nc1ccc(C(C)(C)C)cc1NC(=O)Nc1ccc(C#CCOC2CCCCO2)c2ccccc12. The number of ether oxygens (including phenoxy) is 2. The minimum Gasteiger partial charge on any atom is -0.353 e. The van der Waals surface area contributed by atoms with E-state index in [2.05, 4.69) is 48.6 Å². The van der Waals surface area contributed by atoms with Gasteiger partial charge in [0.05, 0.1) is 17.1 Å². The van der Waals surface area contributed by atoms with E-state index in [1.807, 2.05) is 54.6 Å². The molecule has 0 bridgehead atoms. The molecule has 1 saturated heterocycles. The van der Waals surface area contributed by atoms with Gasteiger partial charge < -0.3 is 25.4 Å². The van der Waals surface area contributed by atoms with Crippen LogP contribution in [0.25, 0.3) is 10.8 Å². The number of anilines is 3. The van der Waals surface area contributed by atoms with Crippen LogP contribution in [-0.4, -0.2) is 31.4 Å². The Labute approximate surface area is 224 Å². The quantitative estimate of drug-likeness (QED) is 0.334. The highest BCUT2D eigenvalue weighted by Gasteiger charge is 2.18. The van der Waals surface area contributed by atoms with Crippen LogP contribution in [0.5, 0.6) is 0 Å². The normalized spacial score (nSPS) is 15.3. The Bertz CT molecular complexity index is 1380. The van der Waals surface area contributed by atoms with Crippen molar-refractivity contribution in [3.8, 4) is 11.8 Å². The summed E-state index contributed by atoms with van der Waals surface area (Å²) in [7, 11) is 0. The zero-order valence-electron chi connectivity index (χ0n) is 22.4. The van der Waals surface area contributed by atoms with Crippen LogP contribution in [0.3, 0.4) is 0 Å². The van der Waals surface area contributed by atoms with Crippen molar-refractivity contribution in [2.24, 2.45) is 0 Å². The minimum absolute atomic E-state index is 0.122. The lowest BCUT2D eigenvalue weighted by Crippen LogP contribution is -2.22. The lowest BCUT2D eigenvalue weighted by Gasteiger charge is -2.22. The molecule has 0 aromatic heterocycles. The van der Waals surface area contributed by atoms with E-state index in [0.717, 1.165) is 47.8 Å². The van der Waals surface area contributed by atoms with Crippen LogP contribution in [-0.2, 0) is 19.7 Å². The first-order valence-corrected chi connectivity index (χ1v) is 12.9. The van der Waals surface area contributed by atoms with Gasteiger partial charge in [0.25, 0.3) is 0 Å². The lowest BCUT2D eigenvalue weighted by atomic mass is 9.86. The minimum atomic E-state index is -0.410. The van der Waals surface area contributed by atoms with E-state index in [1.165, 1.54) is 6.92 Å². The van der Waals surface area contributed by atoms with Crippen molar-refractivity contribution in [3.63, 3.8) is 0 Å². The molecule has 3 N–H and O–H groups in total. The van der Waals surface area contributed by atoms with Gasteiger partial charge in [0, 0.05) is 24.5 Å². The van der Waals surface area contributed by atoms with E-state index in [4.69, 9.17) is 9.47 Å². The second-order valence-electron chi connectivity index (χ2n) is 10.4. The molecule has 1 heterocycles. The third kappa shape index (κ3) is 7.12. The summed E-state index contributed by atoms with van der Waals surface area (Å²) in [5, 5.41) is 10.5. The standard InChI is InChI=1S/C31H35N3O4/c1-21(35)32-27-17-15-23(31(2,3)4)20-28(27)34-30(36)33-26-16-14-22(24-11-5-6-12-25(24)26)10-9-19-38-29-13-7-8-18-37-29/h5-6,11-12,14-17,20,29H,7-8,13,18-19H2,1-4H3,(H,32,35)(H2,33,34,36). The number of amides is 3. The summed E-state index contributed by atoms with van der Waals surface area (Å²) in [4.78, 5) is 24.8. The fourth-order valence-corrected chi connectivity index (χ4v) is 4.31. The van der Waals surface area contributed by atoms with Crippen molar-refractivity contribution >= 4 is 39.8 Å². The van der Waals surface area contributed by atoms with Crippen LogP contribution in [0.1, 0.15) is 58.1 Å². The number of rotatable bonds is 5. The fourth-order valence-electron chi connectivity index (χ4n) is 4.31. The molecule has 0 radical (unpaired) electrons. The van der Waals surface area contributed by atoms with Crippen molar-refractivity contribution in [2.75, 3.05) is 29.2 Å². The van der Waals surface area contributed by atoms with Gasteiger partial charge in [-0.3, -0.25) is 4.79 Å². The first kappa shape index (κ1) is 27.2. The van der Waals surface area contributed by atoms with Crippen LogP contribution in [0.2, 0.25) is 0 Å². The topological polar surface area (TPSA) is 88.7 Å². The Hall–Kier alpha value is -3.86. The van der Waals surface area contributed by atoms with Crippen LogP contribution < -0.4 is 16.0 Å². The summed E-state index contributed by atoms with van der Waals surface area (Å²) >= 11 is 0. The predicted molar refractivity (Wildman–Crippen MR) is 152 cm³/mol. The Morgan fingerprint density at radius 1 is 0.947 bits per heavy atom.